The number of nitrogens with zero attached hydrogens (tertiary/aromatic N) is 1. The number of thiophene rings is 1. The molecule has 17 heavy (non-hydrogen) atoms. The van der Waals surface area contributed by atoms with Crippen LogP contribution in [-0.2, 0) is 6.54 Å². The number of nitriles is 1. The molecule has 2 nitrogen and oxygen atoms in total. The van der Waals surface area contributed by atoms with Gasteiger partial charge >= 0.3 is 6.18 Å². The normalized spacial score (nSPS) is 13.4. The van der Waals surface area contributed by atoms with Crippen LogP contribution in [0.4, 0.5) is 13.2 Å². The van der Waals surface area contributed by atoms with E-state index >= 15 is 0 Å². The molecule has 0 fully saturated rings. The van der Waals surface area contributed by atoms with Gasteiger partial charge in [-0.1, -0.05) is 0 Å². The van der Waals surface area contributed by atoms with Gasteiger partial charge in [0.05, 0.1) is 6.07 Å². The molecule has 1 rings (SSSR count). The standard InChI is InChI=1S/C11H13F3N2S/c1-7-3-10(17-8(7)2)6-16-5-9(4-15)11(12,13)14/h3,9,16H,5-6H2,1-2H3. The fourth-order valence-electron chi connectivity index (χ4n) is 1.31. The zero-order valence-corrected chi connectivity index (χ0v) is 10.4. The van der Waals surface area contributed by atoms with E-state index in [0.717, 1.165) is 15.3 Å². The van der Waals surface area contributed by atoms with Crippen LogP contribution in [0.2, 0.25) is 0 Å². The molecule has 0 bridgehead atoms. The highest BCUT2D eigenvalue weighted by Gasteiger charge is 2.39. The van der Waals surface area contributed by atoms with Crippen LogP contribution in [0.1, 0.15) is 15.3 Å². The Labute approximate surface area is 102 Å². The van der Waals surface area contributed by atoms with Gasteiger partial charge in [0.15, 0.2) is 5.92 Å². The van der Waals surface area contributed by atoms with Crippen LogP contribution in [0.5, 0.6) is 0 Å². The maximum Gasteiger partial charge on any atom is 0.405 e. The zero-order valence-electron chi connectivity index (χ0n) is 9.56. The quantitative estimate of drug-likeness (QED) is 0.904. The van der Waals surface area contributed by atoms with Crippen molar-refractivity contribution in [1.82, 2.24) is 5.32 Å². The van der Waals surface area contributed by atoms with Crippen molar-refractivity contribution in [2.24, 2.45) is 5.92 Å². The molecule has 1 N–H and O–H groups in total. The van der Waals surface area contributed by atoms with Crippen LogP contribution in [0.15, 0.2) is 6.07 Å². The van der Waals surface area contributed by atoms with Gasteiger partial charge in [0, 0.05) is 22.8 Å². The lowest BCUT2D eigenvalue weighted by Gasteiger charge is -2.13. The Bertz CT molecular complexity index is 398. The maximum absolute atomic E-state index is 12.3. The van der Waals surface area contributed by atoms with Gasteiger partial charge in [0.1, 0.15) is 0 Å². The number of rotatable bonds is 4. The summed E-state index contributed by atoms with van der Waals surface area (Å²) >= 11 is 1.55. The highest BCUT2D eigenvalue weighted by atomic mass is 32.1. The van der Waals surface area contributed by atoms with Crippen molar-refractivity contribution < 1.29 is 13.2 Å². The first-order valence-electron chi connectivity index (χ1n) is 5.07. The molecule has 1 unspecified atom stereocenters. The van der Waals surface area contributed by atoms with Crippen molar-refractivity contribution in [1.29, 1.82) is 5.26 Å². The van der Waals surface area contributed by atoms with E-state index in [9.17, 15) is 13.2 Å². The van der Waals surface area contributed by atoms with Gasteiger partial charge < -0.3 is 5.32 Å². The summed E-state index contributed by atoms with van der Waals surface area (Å²) in [6.45, 7) is 3.93. The first-order valence-corrected chi connectivity index (χ1v) is 5.89. The van der Waals surface area contributed by atoms with E-state index in [0.29, 0.717) is 6.54 Å². The number of hydrogen-bond acceptors (Lipinski definition) is 3. The van der Waals surface area contributed by atoms with E-state index in [1.54, 1.807) is 11.3 Å². The van der Waals surface area contributed by atoms with Gasteiger partial charge in [0.2, 0.25) is 0 Å². The second-order valence-electron chi connectivity index (χ2n) is 3.81. The molecule has 1 heterocycles. The molecule has 1 aromatic rings. The number of nitrogens with one attached hydrogen (secondary N) is 1. The summed E-state index contributed by atoms with van der Waals surface area (Å²) in [4.78, 5) is 2.15. The molecule has 0 spiro atoms. The van der Waals surface area contributed by atoms with Crippen molar-refractivity contribution in [3.63, 3.8) is 0 Å². The summed E-state index contributed by atoms with van der Waals surface area (Å²) in [5.41, 5.74) is 1.14. The largest absolute Gasteiger partial charge is 0.405 e. The summed E-state index contributed by atoms with van der Waals surface area (Å²) in [6.07, 6.45) is -4.46. The number of alkyl halides is 3. The van der Waals surface area contributed by atoms with E-state index < -0.39 is 12.1 Å². The maximum atomic E-state index is 12.3. The van der Waals surface area contributed by atoms with Gasteiger partial charge in [-0.25, -0.2) is 0 Å². The molecule has 94 valence electrons. The molecule has 6 heteroatoms. The third kappa shape index (κ3) is 4.02. The first kappa shape index (κ1) is 14.0. The van der Waals surface area contributed by atoms with Crippen molar-refractivity contribution in [3.8, 4) is 6.07 Å². The third-order valence-corrected chi connectivity index (χ3v) is 3.57. The Morgan fingerprint density at radius 2 is 2.12 bits per heavy atom. The van der Waals surface area contributed by atoms with E-state index in [-0.39, 0.29) is 6.54 Å². The second kappa shape index (κ2) is 5.52. The molecule has 0 radical (unpaired) electrons. The molecular weight excluding hydrogens is 249 g/mol. The Morgan fingerprint density at radius 3 is 2.53 bits per heavy atom. The molecule has 1 atom stereocenters. The van der Waals surface area contributed by atoms with E-state index in [4.69, 9.17) is 5.26 Å². The van der Waals surface area contributed by atoms with Crippen LogP contribution < -0.4 is 5.32 Å². The Morgan fingerprint density at radius 1 is 1.47 bits per heavy atom. The minimum atomic E-state index is -4.46. The lowest BCUT2D eigenvalue weighted by molar-refractivity contribution is -0.157. The molecule has 0 aliphatic rings. The molecule has 0 aliphatic carbocycles. The summed E-state index contributed by atoms with van der Waals surface area (Å²) in [5, 5.41) is 11.1. The predicted molar refractivity (Wildman–Crippen MR) is 60.7 cm³/mol. The molecule has 0 amide bonds. The zero-order chi connectivity index (χ0) is 13.1. The predicted octanol–water partition coefficient (Wildman–Crippen LogP) is 3.16. The van der Waals surface area contributed by atoms with Crippen LogP contribution in [0.3, 0.4) is 0 Å². The number of halogens is 3. The summed E-state index contributed by atoms with van der Waals surface area (Å²) in [6, 6.07) is 3.21. The molecule has 1 aromatic heterocycles. The second-order valence-corrected chi connectivity index (χ2v) is 5.15. The molecule has 0 saturated carbocycles. The summed E-state index contributed by atoms with van der Waals surface area (Å²) < 4.78 is 36.8. The number of hydrogen-bond donors (Lipinski definition) is 1. The Kier molecular flexibility index (Phi) is 4.54. The van der Waals surface area contributed by atoms with Crippen molar-refractivity contribution in [3.05, 3.63) is 21.4 Å². The van der Waals surface area contributed by atoms with Gasteiger partial charge in [-0.2, -0.15) is 18.4 Å². The highest BCUT2D eigenvalue weighted by molar-refractivity contribution is 7.12. The van der Waals surface area contributed by atoms with Crippen LogP contribution >= 0.6 is 11.3 Å². The molecular formula is C11H13F3N2S. The van der Waals surface area contributed by atoms with Crippen molar-refractivity contribution in [2.45, 2.75) is 26.6 Å². The van der Waals surface area contributed by atoms with E-state index in [2.05, 4.69) is 5.32 Å². The van der Waals surface area contributed by atoms with Crippen molar-refractivity contribution >= 4 is 11.3 Å². The Balaban J connectivity index is 2.45. The van der Waals surface area contributed by atoms with Gasteiger partial charge in [-0.3, -0.25) is 0 Å². The molecule has 0 aromatic carbocycles. The number of aryl methyl sites for hydroxylation is 2. The summed E-state index contributed by atoms with van der Waals surface area (Å²) in [7, 11) is 0. The lowest BCUT2D eigenvalue weighted by atomic mass is 10.1. The van der Waals surface area contributed by atoms with E-state index in [1.165, 1.54) is 6.07 Å². The van der Waals surface area contributed by atoms with Crippen molar-refractivity contribution in [2.75, 3.05) is 6.54 Å². The van der Waals surface area contributed by atoms with Crippen LogP contribution in [-0.4, -0.2) is 12.7 Å². The van der Waals surface area contributed by atoms with Gasteiger partial charge in [-0.05, 0) is 25.5 Å². The smallest absolute Gasteiger partial charge is 0.310 e. The fraction of sp³-hybridized carbons (Fsp3) is 0.545. The molecule has 0 aliphatic heterocycles. The van der Waals surface area contributed by atoms with Gasteiger partial charge in [-0.15, -0.1) is 11.3 Å². The highest BCUT2D eigenvalue weighted by Crippen LogP contribution is 2.25. The van der Waals surface area contributed by atoms with Crippen LogP contribution in [0, 0.1) is 31.1 Å². The Hall–Kier alpha value is -1.06. The fourth-order valence-corrected chi connectivity index (χ4v) is 2.33. The monoisotopic (exact) mass is 262 g/mol. The average molecular weight is 262 g/mol. The van der Waals surface area contributed by atoms with Gasteiger partial charge in [0.25, 0.3) is 0 Å². The SMILES string of the molecule is Cc1cc(CNCC(C#N)C(F)(F)F)sc1C. The lowest BCUT2D eigenvalue weighted by Crippen LogP contribution is -2.32. The average Bonchev–Trinajstić information content (AvgIpc) is 2.51. The third-order valence-electron chi connectivity index (χ3n) is 2.42. The first-order chi connectivity index (χ1) is 7.84. The summed E-state index contributed by atoms with van der Waals surface area (Å²) in [5.74, 6) is -1.94. The minimum absolute atomic E-state index is 0.365. The minimum Gasteiger partial charge on any atom is -0.310 e. The topological polar surface area (TPSA) is 35.8 Å². The molecule has 0 saturated heterocycles. The van der Waals surface area contributed by atoms with Crippen LogP contribution in [0.25, 0.3) is 0 Å². The van der Waals surface area contributed by atoms with E-state index in [1.807, 2.05) is 19.9 Å².